The molecular formula is C21H22INO3. The second kappa shape index (κ2) is 7.31. The van der Waals surface area contributed by atoms with Crippen LogP contribution < -0.4 is 9.47 Å². The van der Waals surface area contributed by atoms with Crippen molar-refractivity contribution in [2.45, 2.75) is 20.3 Å². The molecule has 2 aromatic carbocycles. The van der Waals surface area contributed by atoms with E-state index >= 15 is 0 Å². The lowest BCUT2D eigenvalue weighted by molar-refractivity contribution is 0.0828. The van der Waals surface area contributed by atoms with Crippen molar-refractivity contribution in [2.24, 2.45) is 0 Å². The van der Waals surface area contributed by atoms with Crippen LogP contribution in [-0.2, 0) is 6.42 Å². The summed E-state index contributed by atoms with van der Waals surface area (Å²) >= 11 is 2.16. The Balaban J connectivity index is 2.04. The smallest absolute Gasteiger partial charge is 0.263 e. The van der Waals surface area contributed by atoms with Crippen molar-refractivity contribution in [2.75, 3.05) is 20.8 Å². The summed E-state index contributed by atoms with van der Waals surface area (Å²) in [6, 6.07) is 8.00. The maximum Gasteiger partial charge on any atom is 0.263 e. The molecule has 0 saturated carbocycles. The van der Waals surface area contributed by atoms with Crippen LogP contribution in [0.2, 0.25) is 0 Å². The van der Waals surface area contributed by atoms with Gasteiger partial charge in [0.1, 0.15) is 0 Å². The van der Waals surface area contributed by atoms with E-state index in [9.17, 15) is 4.79 Å². The minimum Gasteiger partial charge on any atom is -0.493 e. The number of halogens is 1. The third kappa shape index (κ3) is 3.09. The third-order valence-corrected chi connectivity index (χ3v) is 5.81. The molecule has 1 aliphatic heterocycles. The number of methoxy groups -OCH3 is 2. The van der Waals surface area contributed by atoms with E-state index in [-0.39, 0.29) is 5.91 Å². The molecule has 0 saturated heterocycles. The summed E-state index contributed by atoms with van der Waals surface area (Å²) in [5.41, 5.74) is 6.01. The van der Waals surface area contributed by atoms with Crippen LogP contribution in [0.1, 0.15) is 32.6 Å². The summed E-state index contributed by atoms with van der Waals surface area (Å²) in [4.78, 5) is 15.1. The largest absolute Gasteiger partial charge is 0.493 e. The molecular weight excluding hydrogens is 441 g/mol. The summed E-state index contributed by atoms with van der Waals surface area (Å²) in [5, 5.41) is 0. The zero-order valence-corrected chi connectivity index (χ0v) is 17.6. The third-order valence-electron chi connectivity index (χ3n) is 4.91. The molecule has 0 aliphatic carbocycles. The average Bonchev–Trinajstić information content (AvgIpc) is 2.62. The van der Waals surface area contributed by atoms with Gasteiger partial charge in [-0.05, 0) is 77.7 Å². The maximum atomic E-state index is 13.4. The lowest BCUT2D eigenvalue weighted by Crippen LogP contribution is -2.35. The summed E-state index contributed by atoms with van der Waals surface area (Å²) in [6.45, 7) is 9.00. The topological polar surface area (TPSA) is 38.8 Å². The molecule has 3 rings (SSSR count). The number of ether oxygens (including phenoxy) is 2. The molecule has 0 atom stereocenters. The highest BCUT2D eigenvalue weighted by atomic mass is 127. The minimum atomic E-state index is -0.112. The van der Waals surface area contributed by atoms with Gasteiger partial charge in [0.25, 0.3) is 5.91 Å². The van der Waals surface area contributed by atoms with Gasteiger partial charge < -0.3 is 14.4 Å². The Morgan fingerprint density at radius 3 is 2.50 bits per heavy atom. The molecule has 2 aromatic rings. The number of carbonyl (C=O) groups is 1. The van der Waals surface area contributed by atoms with Crippen LogP contribution in [0.25, 0.3) is 5.70 Å². The van der Waals surface area contributed by atoms with Gasteiger partial charge in [-0.3, -0.25) is 4.79 Å². The molecule has 0 unspecified atom stereocenters. The quantitative estimate of drug-likeness (QED) is 0.625. The number of hydrogen-bond donors (Lipinski definition) is 0. The van der Waals surface area contributed by atoms with E-state index in [0.717, 1.165) is 21.3 Å². The van der Waals surface area contributed by atoms with E-state index in [4.69, 9.17) is 9.47 Å². The summed E-state index contributed by atoms with van der Waals surface area (Å²) in [6.07, 6.45) is 0.810. The average molecular weight is 463 g/mol. The molecule has 1 heterocycles. The number of benzene rings is 2. The highest BCUT2D eigenvalue weighted by molar-refractivity contribution is 14.1. The second-order valence-corrected chi connectivity index (χ2v) is 7.57. The monoisotopic (exact) mass is 463 g/mol. The highest BCUT2D eigenvalue weighted by Crippen LogP contribution is 2.37. The Morgan fingerprint density at radius 2 is 1.85 bits per heavy atom. The van der Waals surface area contributed by atoms with Crippen LogP contribution >= 0.6 is 22.6 Å². The number of carbonyl (C=O) groups excluding carboxylic acids is 1. The molecule has 0 fully saturated rings. The van der Waals surface area contributed by atoms with E-state index in [1.54, 1.807) is 19.1 Å². The number of aryl methyl sites for hydroxylation is 2. The summed E-state index contributed by atoms with van der Waals surface area (Å²) in [5.74, 6) is 0.896. The van der Waals surface area contributed by atoms with E-state index in [0.29, 0.717) is 23.6 Å². The molecule has 26 heavy (non-hydrogen) atoms. The van der Waals surface area contributed by atoms with Crippen LogP contribution in [0.15, 0.2) is 30.8 Å². The van der Waals surface area contributed by atoms with Crippen molar-refractivity contribution in [1.82, 2.24) is 4.90 Å². The van der Waals surface area contributed by atoms with Gasteiger partial charge in [-0.1, -0.05) is 12.6 Å². The zero-order chi connectivity index (χ0) is 19.0. The fourth-order valence-corrected chi connectivity index (χ4v) is 3.98. The van der Waals surface area contributed by atoms with Gasteiger partial charge in [-0.2, -0.15) is 0 Å². The van der Waals surface area contributed by atoms with Gasteiger partial charge in [-0.25, -0.2) is 0 Å². The van der Waals surface area contributed by atoms with Crippen molar-refractivity contribution in [3.05, 3.63) is 62.2 Å². The van der Waals surface area contributed by atoms with Gasteiger partial charge in [0.15, 0.2) is 11.5 Å². The molecule has 0 spiro atoms. The van der Waals surface area contributed by atoms with Crippen molar-refractivity contribution >= 4 is 34.2 Å². The molecule has 0 N–H and O–H groups in total. The summed E-state index contributed by atoms with van der Waals surface area (Å²) < 4.78 is 11.7. The van der Waals surface area contributed by atoms with Gasteiger partial charge >= 0.3 is 0 Å². The fraction of sp³-hybridized carbons (Fsp3) is 0.286. The lowest BCUT2D eigenvalue weighted by Gasteiger charge is -2.32. The fourth-order valence-electron chi connectivity index (χ4n) is 3.33. The lowest BCUT2D eigenvalue weighted by atomic mass is 9.92. The van der Waals surface area contributed by atoms with Crippen molar-refractivity contribution in [3.8, 4) is 11.5 Å². The van der Waals surface area contributed by atoms with E-state index in [1.807, 2.05) is 12.1 Å². The zero-order valence-electron chi connectivity index (χ0n) is 15.5. The van der Waals surface area contributed by atoms with Crippen LogP contribution in [-0.4, -0.2) is 31.6 Å². The number of hydrogen-bond acceptors (Lipinski definition) is 3. The second-order valence-electron chi connectivity index (χ2n) is 6.40. The first kappa shape index (κ1) is 18.8. The Labute approximate surface area is 167 Å². The molecule has 5 heteroatoms. The van der Waals surface area contributed by atoms with Gasteiger partial charge in [0.05, 0.1) is 19.8 Å². The predicted molar refractivity (Wildman–Crippen MR) is 112 cm³/mol. The van der Waals surface area contributed by atoms with Crippen molar-refractivity contribution in [3.63, 3.8) is 0 Å². The molecule has 4 nitrogen and oxygen atoms in total. The molecule has 1 aliphatic rings. The van der Waals surface area contributed by atoms with Crippen LogP contribution in [0.4, 0.5) is 0 Å². The number of fused-ring (bicyclic) bond motifs is 1. The van der Waals surface area contributed by atoms with Gasteiger partial charge in [0.2, 0.25) is 0 Å². The molecule has 0 radical (unpaired) electrons. The van der Waals surface area contributed by atoms with E-state index < -0.39 is 0 Å². The van der Waals surface area contributed by atoms with Crippen LogP contribution in [0, 0.1) is 17.4 Å². The van der Waals surface area contributed by atoms with Crippen LogP contribution in [0.3, 0.4) is 0 Å². The van der Waals surface area contributed by atoms with Crippen molar-refractivity contribution in [1.29, 1.82) is 0 Å². The Hall–Kier alpha value is -2.02. The predicted octanol–water partition coefficient (Wildman–Crippen LogP) is 4.59. The highest BCUT2D eigenvalue weighted by Gasteiger charge is 2.30. The Morgan fingerprint density at radius 1 is 1.15 bits per heavy atom. The molecule has 136 valence electrons. The first-order valence-corrected chi connectivity index (χ1v) is 9.48. The SMILES string of the molecule is C=C1c2cc(C)c(C)cc2CCN1C(=O)c1c(I)ccc(OC)c1OC. The molecule has 0 bridgehead atoms. The van der Waals surface area contributed by atoms with Crippen molar-refractivity contribution < 1.29 is 14.3 Å². The summed E-state index contributed by atoms with van der Waals surface area (Å²) in [7, 11) is 3.12. The first-order valence-electron chi connectivity index (χ1n) is 8.40. The Kier molecular flexibility index (Phi) is 5.27. The first-order chi connectivity index (χ1) is 12.4. The van der Waals surface area contributed by atoms with Gasteiger partial charge in [0, 0.05) is 21.4 Å². The van der Waals surface area contributed by atoms with E-state index in [2.05, 4.69) is 55.2 Å². The Bertz CT molecular complexity index is 905. The minimum absolute atomic E-state index is 0.112. The van der Waals surface area contributed by atoms with E-state index in [1.165, 1.54) is 16.7 Å². The maximum absolute atomic E-state index is 13.4. The van der Waals surface area contributed by atoms with Gasteiger partial charge in [-0.15, -0.1) is 0 Å². The normalized spacial score (nSPS) is 13.4. The molecule has 1 amide bonds. The number of rotatable bonds is 3. The number of nitrogens with zero attached hydrogens (tertiary/aromatic N) is 1. The van der Waals surface area contributed by atoms with Crippen LogP contribution in [0.5, 0.6) is 11.5 Å². The standard InChI is InChI=1S/C21H22INO3/c1-12-10-15-8-9-23(14(3)16(15)11-13(12)2)21(24)19-17(22)6-7-18(25-4)20(19)26-5/h6-7,10-11H,3,8-9H2,1-2,4-5H3. The molecule has 0 aromatic heterocycles. The number of amides is 1.